The minimum absolute atomic E-state index is 0.0919. The summed E-state index contributed by atoms with van der Waals surface area (Å²) in [5.74, 6) is -1.59. The van der Waals surface area contributed by atoms with Crippen LogP contribution in [-0.4, -0.2) is 29.3 Å². The maximum atomic E-state index is 12.1. The Kier molecular flexibility index (Phi) is 6.41. The first kappa shape index (κ1) is 21.2. The van der Waals surface area contributed by atoms with Crippen molar-refractivity contribution >= 4 is 34.8 Å². The number of aryl methyl sites for hydroxylation is 1. The van der Waals surface area contributed by atoms with Crippen molar-refractivity contribution < 1.29 is 28.5 Å². The lowest BCUT2D eigenvalue weighted by atomic mass is 10.2. The second-order valence-electron chi connectivity index (χ2n) is 6.39. The number of carbonyl (C=O) groups excluding carboxylic acids is 3. The van der Waals surface area contributed by atoms with Crippen LogP contribution in [0.4, 0.5) is 17.1 Å². The van der Waals surface area contributed by atoms with Crippen LogP contribution in [0.5, 0.6) is 0 Å². The molecule has 31 heavy (non-hydrogen) atoms. The lowest BCUT2D eigenvalue weighted by Crippen LogP contribution is -2.21. The van der Waals surface area contributed by atoms with Crippen molar-refractivity contribution in [2.45, 2.75) is 6.92 Å². The summed E-state index contributed by atoms with van der Waals surface area (Å²) in [6, 6.07) is 13.0. The van der Waals surface area contributed by atoms with Crippen LogP contribution in [0.15, 0.2) is 65.3 Å². The highest BCUT2D eigenvalue weighted by atomic mass is 16.6. The Morgan fingerprint density at radius 2 is 1.81 bits per heavy atom. The van der Waals surface area contributed by atoms with Crippen LogP contribution in [0.3, 0.4) is 0 Å². The number of hydrogen-bond donors (Lipinski definition) is 2. The van der Waals surface area contributed by atoms with Crippen molar-refractivity contribution in [2.24, 2.45) is 0 Å². The van der Waals surface area contributed by atoms with Crippen molar-refractivity contribution in [3.8, 4) is 0 Å². The summed E-state index contributed by atoms with van der Waals surface area (Å²) in [5, 5.41) is 15.9. The molecule has 2 amide bonds. The van der Waals surface area contributed by atoms with Gasteiger partial charge in [-0.1, -0.05) is 0 Å². The van der Waals surface area contributed by atoms with Crippen LogP contribution >= 0.6 is 0 Å². The quantitative estimate of drug-likeness (QED) is 0.336. The van der Waals surface area contributed by atoms with E-state index in [0.717, 1.165) is 0 Å². The van der Waals surface area contributed by atoms with Gasteiger partial charge in [-0.2, -0.15) is 0 Å². The number of nitrogens with zero attached hydrogens (tertiary/aromatic N) is 1. The molecule has 0 aliphatic heterocycles. The molecular weight excluding hydrogens is 406 g/mol. The highest BCUT2D eigenvalue weighted by Gasteiger charge is 2.14. The van der Waals surface area contributed by atoms with E-state index in [2.05, 4.69) is 10.6 Å². The number of nitrogens with one attached hydrogen (secondary N) is 2. The SMILES string of the molecule is Cc1cc([N+](=O)[O-])ccc1NC(=O)COC(=O)c1ccc(NC(=O)c2ccco2)cc1. The zero-order valence-electron chi connectivity index (χ0n) is 16.3. The van der Waals surface area contributed by atoms with E-state index in [9.17, 15) is 24.5 Å². The normalized spacial score (nSPS) is 10.2. The summed E-state index contributed by atoms with van der Waals surface area (Å²) in [4.78, 5) is 46.3. The Hall–Kier alpha value is -4.47. The number of furan rings is 1. The van der Waals surface area contributed by atoms with Crippen molar-refractivity contribution in [3.05, 3.63) is 87.9 Å². The lowest BCUT2D eigenvalue weighted by molar-refractivity contribution is -0.384. The van der Waals surface area contributed by atoms with Gasteiger partial charge in [0.05, 0.1) is 16.7 Å². The Labute approximate surface area is 176 Å². The molecule has 0 saturated heterocycles. The second-order valence-corrected chi connectivity index (χ2v) is 6.39. The number of carbonyl (C=O) groups is 3. The highest BCUT2D eigenvalue weighted by Crippen LogP contribution is 2.21. The van der Waals surface area contributed by atoms with E-state index in [0.29, 0.717) is 16.9 Å². The standard InChI is InChI=1S/C21H17N3O7/c1-13-11-16(24(28)29)8-9-17(13)23-19(25)12-31-21(27)14-4-6-15(7-5-14)22-20(26)18-3-2-10-30-18/h2-11H,12H2,1H3,(H,22,26)(H,23,25). The molecule has 3 rings (SSSR count). The third-order valence-corrected chi connectivity index (χ3v) is 4.15. The average molecular weight is 423 g/mol. The van der Waals surface area contributed by atoms with E-state index < -0.39 is 29.3 Å². The van der Waals surface area contributed by atoms with Gasteiger partial charge < -0.3 is 19.8 Å². The summed E-state index contributed by atoms with van der Waals surface area (Å²) >= 11 is 0. The molecule has 0 radical (unpaired) electrons. The first-order chi connectivity index (χ1) is 14.8. The molecule has 2 N–H and O–H groups in total. The highest BCUT2D eigenvalue weighted by molar-refractivity contribution is 6.02. The van der Waals surface area contributed by atoms with Gasteiger partial charge in [0.15, 0.2) is 12.4 Å². The van der Waals surface area contributed by atoms with E-state index >= 15 is 0 Å². The van der Waals surface area contributed by atoms with Gasteiger partial charge in [0, 0.05) is 23.5 Å². The minimum atomic E-state index is -0.723. The Bertz CT molecular complexity index is 1120. The molecule has 0 bridgehead atoms. The van der Waals surface area contributed by atoms with Crippen LogP contribution in [0.1, 0.15) is 26.5 Å². The molecular formula is C21H17N3O7. The Morgan fingerprint density at radius 3 is 2.42 bits per heavy atom. The summed E-state index contributed by atoms with van der Waals surface area (Å²) < 4.78 is 9.98. The molecule has 1 heterocycles. The van der Waals surface area contributed by atoms with Gasteiger partial charge >= 0.3 is 5.97 Å². The van der Waals surface area contributed by atoms with Gasteiger partial charge in [-0.15, -0.1) is 0 Å². The van der Waals surface area contributed by atoms with Gasteiger partial charge in [0.25, 0.3) is 17.5 Å². The van der Waals surface area contributed by atoms with Gasteiger partial charge in [0.2, 0.25) is 0 Å². The van der Waals surface area contributed by atoms with Gasteiger partial charge in [0.1, 0.15) is 0 Å². The summed E-state index contributed by atoms with van der Waals surface area (Å²) in [5.41, 5.74) is 1.43. The predicted molar refractivity (Wildman–Crippen MR) is 110 cm³/mol. The van der Waals surface area contributed by atoms with E-state index in [4.69, 9.17) is 9.15 Å². The van der Waals surface area contributed by atoms with E-state index in [1.807, 2.05) is 0 Å². The molecule has 10 heteroatoms. The van der Waals surface area contributed by atoms with E-state index in [1.54, 1.807) is 13.0 Å². The Morgan fingerprint density at radius 1 is 1.06 bits per heavy atom. The van der Waals surface area contributed by atoms with Crippen LogP contribution in [0.25, 0.3) is 0 Å². The molecule has 2 aromatic carbocycles. The number of amides is 2. The summed E-state index contributed by atoms with van der Waals surface area (Å²) in [6.07, 6.45) is 1.38. The summed E-state index contributed by atoms with van der Waals surface area (Å²) in [6.45, 7) is 1.08. The van der Waals surface area contributed by atoms with Crippen molar-refractivity contribution in [1.82, 2.24) is 0 Å². The van der Waals surface area contributed by atoms with Crippen molar-refractivity contribution in [2.75, 3.05) is 17.2 Å². The molecule has 0 spiro atoms. The number of non-ortho nitro benzene ring substituents is 1. The van der Waals surface area contributed by atoms with E-state index in [1.165, 1.54) is 54.8 Å². The molecule has 1 aromatic heterocycles. The monoisotopic (exact) mass is 423 g/mol. The molecule has 158 valence electrons. The Balaban J connectivity index is 1.51. The average Bonchev–Trinajstić information content (AvgIpc) is 3.29. The van der Waals surface area contributed by atoms with Crippen LogP contribution in [0, 0.1) is 17.0 Å². The number of esters is 1. The van der Waals surface area contributed by atoms with Crippen LogP contribution in [0.2, 0.25) is 0 Å². The predicted octanol–water partition coefficient (Wildman–Crippen LogP) is 3.54. The van der Waals surface area contributed by atoms with Gasteiger partial charge in [-0.25, -0.2) is 4.79 Å². The fourth-order valence-electron chi connectivity index (χ4n) is 2.59. The first-order valence-electron chi connectivity index (χ1n) is 9.00. The van der Waals surface area contributed by atoms with Crippen LogP contribution in [-0.2, 0) is 9.53 Å². The number of nitro groups is 1. The smallest absolute Gasteiger partial charge is 0.338 e. The zero-order chi connectivity index (χ0) is 22.4. The molecule has 10 nitrogen and oxygen atoms in total. The fourth-order valence-corrected chi connectivity index (χ4v) is 2.59. The van der Waals surface area contributed by atoms with Crippen molar-refractivity contribution in [1.29, 1.82) is 0 Å². The lowest BCUT2D eigenvalue weighted by Gasteiger charge is -2.09. The molecule has 0 aliphatic carbocycles. The third kappa shape index (κ3) is 5.54. The third-order valence-electron chi connectivity index (χ3n) is 4.15. The molecule has 0 aliphatic rings. The number of nitro benzene ring substituents is 1. The molecule has 0 unspecified atom stereocenters. The summed E-state index contributed by atoms with van der Waals surface area (Å²) in [7, 11) is 0. The van der Waals surface area contributed by atoms with E-state index in [-0.39, 0.29) is 17.0 Å². The fraction of sp³-hybridized carbons (Fsp3) is 0.0952. The van der Waals surface area contributed by atoms with Gasteiger partial charge in [-0.05, 0) is 55.0 Å². The number of benzene rings is 2. The first-order valence-corrected chi connectivity index (χ1v) is 9.00. The second kappa shape index (κ2) is 9.35. The van der Waals surface area contributed by atoms with Gasteiger partial charge in [-0.3, -0.25) is 19.7 Å². The molecule has 0 atom stereocenters. The number of anilines is 2. The number of ether oxygens (including phenoxy) is 1. The largest absolute Gasteiger partial charge is 0.459 e. The molecule has 3 aromatic rings. The minimum Gasteiger partial charge on any atom is -0.459 e. The molecule has 0 fully saturated rings. The molecule has 0 saturated carbocycles. The van der Waals surface area contributed by atoms with Crippen LogP contribution < -0.4 is 10.6 Å². The number of rotatable bonds is 7. The van der Waals surface area contributed by atoms with Crippen molar-refractivity contribution in [3.63, 3.8) is 0 Å². The topological polar surface area (TPSA) is 141 Å². The maximum Gasteiger partial charge on any atom is 0.338 e. The zero-order valence-corrected chi connectivity index (χ0v) is 16.3. The maximum absolute atomic E-state index is 12.1. The number of hydrogen-bond acceptors (Lipinski definition) is 7.